The molecule has 1 aromatic heterocycles. The number of nitrogens with zero attached hydrogens (tertiary/aromatic N) is 2. The summed E-state index contributed by atoms with van der Waals surface area (Å²) < 4.78 is 0. The van der Waals surface area contributed by atoms with Crippen LogP contribution in [-0.2, 0) is 6.54 Å². The maximum atomic E-state index is 10.2. The first kappa shape index (κ1) is 15.6. The molecule has 116 valence electrons. The number of rotatable bonds is 3. The number of phenolic OH excluding ortho intramolecular Hbond substituents is 1. The zero-order valence-electron chi connectivity index (χ0n) is 12.2. The van der Waals surface area contributed by atoms with Crippen LogP contribution in [0.25, 0.3) is 0 Å². The summed E-state index contributed by atoms with van der Waals surface area (Å²) in [6.07, 6.45) is 7.18. The average Bonchev–Trinajstić information content (AvgIpc) is 2.53. The molecule has 0 bridgehead atoms. The van der Waals surface area contributed by atoms with Crippen LogP contribution in [0.5, 0.6) is 5.75 Å². The van der Waals surface area contributed by atoms with Crippen molar-refractivity contribution in [2.24, 2.45) is 0 Å². The molecular formula is C17H18Cl2N2O. The number of halogens is 2. The predicted molar refractivity (Wildman–Crippen MR) is 89.4 cm³/mol. The summed E-state index contributed by atoms with van der Waals surface area (Å²) in [5.74, 6) is 0.126. The molecule has 2 aromatic rings. The molecule has 1 aliphatic heterocycles. The van der Waals surface area contributed by atoms with Gasteiger partial charge in [0.05, 0.1) is 5.02 Å². The Bertz CT molecular complexity index is 649. The van der Waals surface area contributed by atoms with Crippen molar-refractivity contribution in [3.8, 4) is 5.75 Å². The van der Waals surface area contributed by atoms with Gasteiger partial charge in [-0.1, -0.05) is 35.7 Å². The molecule has 0 aliphatic carbocycles. The van der Waals surface area contributed by atoms with Gasteiger partial charge in [0, 0.05) is 35.6 Å². The van der Waals surface area contributed by atoms with Crippen molar-refractivity contribution in [2.75, 3.05) is 6.54 Å². The van der Waals surface area contributed by atoms with Crippen molar-refractivity contribution in [2.45, 2.75) is 31.8 Å². The number of hydrogen-bond donors (Lipinski definition) is 1. The van der Waals surface area contributed by atoms with Gasteiger partial charge in [0.25, 0.3) is 0 Å². The minimum atomic E-state index is 0.126. The Kier molecular flexibility index (Phi) is 4.87. The topological polar surface area (TPSA) is 36.4 Å². The summed E-state index contributed by atoms with van der Waals surface area (Å²) in [5, 5.41) is 11.0. The van der Waals surface area contributed by atoms with Crippen molar-refractivity contribution in [1.82, 2.24) is 9.88 Å². The molecule has 0 saturated carbocycles. The van der Waals surface area contributed by atoms with E-state index < -0.39 is 0 Å². The number of benzene rings is 1. The first-order valence-corrected chi connectivity index (χ1v) is 8.21. The van der Waals surface area contributed by atoms with E-state index in [0.717, 1.165) is 24.9 Å². The molecule has 1 saturated heterocycles. The maximum absolute atomic E-state index is 10.2. The Morgan fingerprint density at radius 2 is 2.14 bits per heavy atom. The lowest BCUT2D eigenvalue weighted by molar-refractivity contribution is 0.139. The summed E-state index contributed by atoms with van der Waals surface area (Å²) in [5.41, 5.74) is 1.99. The molecule has 0 spiro atoms. The second kappa shape index (κ2) is 6.86. The molecule has 3 nitrogen and oxygen atoms in total. The molecule has 2 heterocycles. The van der Waals surface area contributed by atoms with Crippen LogP contribution in [0.15, 0.2) is 36.7 Å². The molecule has 0 amide bonds. The fourth-order valence-corrected chi connectivity index (χ4v) is 3.62. The molecular weight excluding hydrogens is 319 g/mol. The molecule has 5 heteroatoms. The van der Waals surface area contributed by atoms with E-state index in [-0.39, 0.29) is 5.75 Å². The van der Waals surface area contributed by atoms with Crippen molar-refractivity contribution < 1.29 is 5.11 Å². The standard InChI is InChI=1S/C17H18Cl2N2O/c18-14-8-13(17(22)15(19)9-14)11-21-7-2-1-5-16(21)12-4-3-6-20-10-12/h3-4,6,8-10,16,22H,1-2,5,7,11H2. The van der Waals surface area contributed by atoms with E-state index in [9.17, 15) is 5.11 Å². The minimum absolute atomic E-state index is 0.126. The van der Waals surface area contributed by atoms with Crippen LogP contribution in [0.3, 0.4) is 0 Å². The molecule has 1 aromatic carbocycles. The van der Waals surface area contributed by atoms with Crippen LogP contribution in [0, 0.1) is 0 Å². The number of aromatic hydroxyl groups is 1. The fraction of sp³-hybridized carbons (Fsp3) is 0.353. The predicted octanol–water partition coefficient (Wildman–Crippen LogP) is 4.82. The van der Waals surface area contributed by atoms with Gasteiger partial charge in [-0.25, -0.2) is 0 Å². The van der Waals surface area contributed by atoms with Crippen molar-refractivity contribution in [1.29, 1.82) is 0 Å². The summed E-state index contributed by atoms with van der Waals surface area (Å²) >= 11 is 12.1. The monoisotopic (exact) mass is 336 g/mol. The van der Waals surface area contributed by atoms with Crippen molar-refractivity contribution in [3.05, 3.63) is 57.8 Å². The molecule has 1 atom stereocenters. The zero-order chi connectivity index (χ0) is 15.5. The normalized spacial score (nSPS) is 19.3. The highest BCUT2D eigenvalue weighted by molar-refractivity contribution is 6.35. The number of pyridine rings is 1. The molecule has 1 fully saturated rings. The molecule has 1 aliphatic rings. The molecule has 1 unspecified atom stereocenters. The van der Waals surface area contributed by atoms with Gasteiger partial charge >= 0.3 is 0 Å². The zero-order valence-corrected chi connectivity index (χ0v) is 13.7. The van der Waals surface area contributed by atoms with Gasteiger partial charge in [0.1, 0.15) is 5.75 Å². The second-order valence-electron chi connectivity index (χ2n) is 5.66. The third kappa shape index (κ3) is 3.37. The lowest BCUT2D eigenvalue weighted by Gasteiger charge is -2.36. The molecule has 1 N–H and O–H groups in total. The first-order valence-electron chi connectivity index (χ1n) is 7.46. The summed E-state index contributed by atoms with van der Waals surface area (Å²) in [4.78, 5) is 6.59. The second-order valence-corrected chi connectivity index (χ2v) is 6.51. The van der Waals surface area contributed by atoms with E-state index in [4.69, 9.17) is 23.2 Å². The Labute approximate surface area is 140 Å². The average molecular weight is 337 g/mol. The van der Waals surface area contributed by atoms with E-state index >= 15 is 0 Å². The van der Waals surface area contributed by atoms with Crippen LogP contribution in [0.2, 0.25) is 10.0 Å². The first-order chi connectivity index (χ1) is 10.6. The van der Waals surface area contributed by atoms with Crippen molar-refractivity contribution >= 4 is 23.2 Å². The number of phenols is 1. The van der Waals surface area contributed by atoms with E-state index in [1.165, 1.54) is 12.0 Å². The smallest absolute Gasteiger partial charge is 0.138 e. The Hall–Kier alpha value is -1.29. The summed E-state index contributed by atoms with van der Waals surface area (Å²) in [6, 6.07) is 7.75. The molecule has 3 rings (SSSR count). The highest BCUT2D eigenvalue weighted by atomic mass is 35.5. The van der Waals surface area contributed by atoms with Crippen molar-refractivity contribution in [3.63, 3.8) is 0 Å². The highest BCUT2D eigenvalue weighted by Crippen LogP contribution is 2.36. The maximum Gasteiger partial charge on any atom is 0.138 e. The van der Waals surface area contributed by atoms with Crippen LogP contribution in [0.1, 0.15) is 36.4 Å². The number of hydrogen-bond acceptors (Lipinski definition) is 3. The fourth-order valence-electron chi connectivity index (χ4n) is 3.09. The van der Waals surface area contributed by atoms with Gasteiger partial charge in [0.2, 0.25) is 0 Å². The number of aromatic nitrogens is 1. The molecule has 22 heavy (non-hydrogen) atoms. The Balaban J connectivity index is 1.86. The lowest BCUT2D eigenvalue weighted by Crippen LogP contribution is -2.33. The van der Waals surface area contributed by atoms with Crippen LogP contribution in [-0.4, -0.2) is 21.5 Å². The van der Waals surface area contributed by atoms with Gasteiger partial charge in [0.15, 0.2) is 0 Å². The quantitative estimate of drug-likeness (QED) is 0.872. The Morgan fingerprint density at radius 3 is 2.91 bits per heavy atom. The Morgan fingerprint density at radius 1 is 1.27 bits per heavy atom. The van der Waals surface area contributed by atoms with Gasteiger partial charge in [-0.2, -0.15) is 0 Å². The summed E-state index contributed by atoms with van der Waals surface area (Å²) in [7, 11) is 0. The number of likely N-dealkylation sites (tertiary alicyclic amines) is 1. The van der Waals surface area contributed by atoms with Crippen LogP contribution >= 0.6 is 23.2 Å². The third-order valence-corrected chi connectivity index (χ3v) is 4.67. The van der Waals surface area contributed by atoms with Gasteiger partial charge < -0.3 is 5.11 Å². The van der Waals surface area contributed by atoms with E-state index in [1.807, 2.05) is 12.3 Å². The summed E-state index contributed by atoms with van der Waals surface area (Å²) in [6.45, 7) is 1.62. The van der Waals surface area contributed by atoms with Crippen LogP contribution < -0.4 is 0 Å². The minimum Gasteiger partial charge on any atom is -0.506 e. The lowest BCUT2D eigenvalue weighted by atomic mass is 9.95. The van der Waals surface area contributed by atoms with Gasteiger partial charge in [-0.15, -0.1) is 0 Å². The molecule has 0 radical (unpaired) electrons. The van der Waals surface area contributed by atoms with E-state index in [2.05, 4.69) is 16.0 Å². The van der Waals surface area contributed by atoms with Gasteiger partial charge in [-0.05, 0) is 43.1 Å². The highest BCUT2D eigenvalue weighted by Gasteiger charge is 2.25. The SMILES string of the molecule is Oc1c(Cl)cc(Cl)cc1CN1CCCCC1c1cccnc1. The van der Waals surface area contributed by atoms with Crippen LogP contribution in [0.4, 0.5) is 0 Å². The van der Waals surface area contributed by atoms with E-state index in [1.54, 1.807) is 18.3 Å². The number of piperidine rings is 1. The van der Waals surface area contributed by atoms with Gasteiger partial charge in [-0.3, -0.25) is 9.88 Å². The van der Waals surface area contributed by atoms with E-state index in [0.29, 0.717) is 22.6 Å². The largest absolute Gasteiger partial charge is 0.506 e. The third-order valence-electron chi connectivity index (χ3n) is 4.16.